The number of piperidine rings is 1. The first-order valence-corrected chi connectivity index (χ1v) is 8.99. The fourth-order valence-electron chi connectivity index (χ4n) is 3.25. The molecule has 2 N–H and O–H groups in total. The molecule has 0 bridgehead atoms. The zero-order valence-corrected chi connectivity index (χ0v) is 15.3. The largest absolute Gasteiger partial charge is 0.355 e. The molecule has 2 aliphatic rings. The second-order valence-electron chi connectivity index (χ2n) is 7.10. The lowest BCUT2D eigenvalue weighted by molar-refractivity contribution is -0.138. The van der Waals surface area contributed by atoms with Gasteiger partial charge in [0.1, 0.15) is 0 Å². The second-order valence-corrected chi connectivity index (χ2v) is 7.10. The Labute approximate surface area is 152 Å². The van der Waals surface area contributed by atoms with Gasteiger partial charge < -0.3 is 20.4 Å². The molecule has 1 aromatic heterocycles. The van der Waals surface area contributed by atoms with Gasteiger partial charge in [0.25, 0.3) is 5.91 Å². The van der Waals surface area contributed by atoms with Gasteiger partial charge in [-0.2, -0.15) is 5.10 Å². The fourth-order valence-corrected chi connectivity index (χ4v) is 3.25. The van der Waals surface area contributed by atoms with Crippen LogP contribution >= 0.6 is 0 Å². The van der Waals surface area contributed by atoms with Crippen LogP contribution in [-0.2, 0) is 22.7 Å². The summed E-state index contributed by atoms with van der Waals surface area (Å²) in [6, 6.07) is 1.76. The zero-order valence-electron chi connectivity index (χ0n) is 15.3. The van der Waals surface area contributed by atoms with Crippen molar-refractivity contribution >= 4 is 17.7 Å². The molecule has 1 atom stereocenters. The summed E-state index contributed by atoms with van der Waals surface area (Å²) in [4.78, 5) is 39.9. The number of nitrogens with one attached hydrogen (secondary N) is 2. The number of carbonyl (C=O) groups is 3. The summed E-state index contributed by atoms with van der Waals surface area (Å²) in [5.74, 6) is -0.275. The first-order chi connectivity index (χ1) is 12.4. The summed E-state index contributed by atoms with van der Waals surface area (Å²) in [7, 11) is 3.90. The van der Waals surface area contributed by atoms with Crippen LogP contribution in [0.1, 0.15) is 29.0 Å². The van der Waals surface area contributed by atoms with Crippen LogP contribution in [0, 0.1) is 5.92 Å². The van der Waals surface area contributed by atoms with Crippen LogP contribution in [0.3, 0.4) is 0 Å². The minimum Gasteiger partial charge on any atom is -0.355 e. The fraction of sp³-hybridized carbons (Fsp3) is 0.647. The number of rotatable bonds is 5. The maximum Gasteiger partial charge on any atom is 0.271 e. The Balaban J connectivity index is 1.58. The third-order valence-corrected chi connectivity index (χ3v) is 4.80. The average molecular weight is 362 g/mol. The highest BCUT2D eigenvalue weighted by atomic mass is 16.2. The molecule has 3 rings (SSSR count). The Morgan fingerprint density at radius 1 is 1.38 bits per heavy atom. The molecule has 1 aromatic rings. The van der Waals surface area contributed by atoms with E-state index in [2.05, 4.69) is 15.7 Å². The van der Waals surface area contributed by atoms with E-state index in [1.165, 1.54) is 0 Å². The first-order valence-electron chi connectivity index (χ1n) is 8.99. The molecular weight excluding hydrogens is 336 g/mol. The summed E-state index contributed by atoms with van der Waals surface area (Å²) >= 11 is 0. The van der Waals surface area contributed by atoms with Crippen molar-refractivity contribution in [2.45, 2.75) is 25.9 Å². The molecule has 1 fully saturated rings. The molecule has 0 unspecified atom stereocenters. The van der Waals surface area contributed by atoms with Crippen LogP contribution in [0.25, 0.3) is 0 Å². The molecule has 0 spiro atoms. The van der Waals surface area contributed by atoms with Gasteiger partial charge in [0, 0.05) is 32.6 Å². The number of amides is 3. The Morgan fingerprint density at radius 3 is 2.88 bits per heavy atom. The number of aromatic nitrogens is 2. The standard InChI is InChI=1S/C17H26N6O3/c1-21(2)6-5-18-16(25)14-9-13-11-22(7-8-23(13)20-14)17(26)12-3-4-15(24)19-10-12/h9,12H,3-8,10-11H2,1-2H3,(H,18,25)(H,19,24)/t12-/m1/s1. The number of likely N-dealkylation sites (N-methyl/N-ethyl adjacent to an activating group) is 1. The lowest BCUT2D eigenvalue weighted by atomic mass is 9.97. The highest BCUT2D eigenvalue weighted by Crippen LogP contribution is 2.19. The number of carbonyl (C=O) groups excluding carboxylic acids is 3. The topological polar surface area (TPSA) is 99.6 Å². The van der Waals surface area contributed by atoms with Crippen molar-refractivity contribution in [1.82, 2.24) is 30.2 Å². The quantitative estimate of drug-likeness (QED) is 0.703. The number of fused-ring (bicyclic) bond motifs is 1. The molecule has 3 amide bonds. The molecule has 2 aliphatic heterocycles. The van der Waals surface area contributed by atoms with Gasteiger partial charge in [0.2, 0.25) is 11.8 Å². The van der Waals surface area contributed by atoms with Crippen LogP contribution in [0.15, 0.2) is 6.07 Å². The minimum atomic E-state index is -0.193. The number of nitrogens with zero attached hydrogens (tertiary/aromatic N) is 4. The SMILES string of the molecule is CN(C)CCNC(=O)c1cc2n(n1)CCN(C(=O)[C@@H]1CCC(=O)NC1)C2. The van der Waals surface area contributed by atoms with E-state index in [0.29, 0.717) is 51.3 Å². The molecule has 0 aromatic carbocycles. The van der Waals surface area contributed by atoms with Crippen molar-refractivity contribution in [3.05, 3.63) is 17.5 Å². The normalized spacial score (nSPS) is 19.9. The minimum absolute atomic E-state index is 0.00990. The van der Waals surface area contributed by atoms with E-state index in [1.807, 2.05) is 19.0 Å². The predicted octanol–water partition coefficient (Wildman–Crippen LogP) is -0.957. The van der Waals surface area contributed by atoms with E-state index in [1.54, 1.807) is 15.6 Å². The molecule has 9 heteroatoms. The van der Waals surface area contributed by atoms with Crippen LogP contribution < -0.4 is 10.6 Å². The van der Waals surface area contributed by atoms with E-state index < -0.39 is 0 Å². The molecule has 0 radical (unpaired) electrons. The van der Waals surface area contributed by atoms with Gasteiger partial charge in [-0.1, -0.05) is 0 Å². The van der Waals surface area contributed by atoms with Gasteiger partial charge in [0.05, 0.1) is 24.7 Å². The van der Waals surface area contributed by atoms with E-state index in [0.717, 1.165) is 12.2 Å². The summed E-state index contributed by atoms with van der Waals surface area (Å²) in [5.41, 5.74) is 1.25. The van der Waals surface area contributed by atoms with Crippen LogP contribution in [0.4, 0.5) is 0 Å². The molecule has 26 heavy (non-hydrogen) atoms. The van der Waals surface area contributed by atoms with Gasteiger partial charge in [-0.05, 0) is 26.6 Å². The van der Waals surface area contributed by atoms with E-state index in [-0.39, 0.29) is 23.6 Å². The van der Waals surface area contributed by atoms with Gasteiger partial charge in [-0.3, -0.25) is 19.1 Å². The smallest absolute Gasteiger partial charge is 0.271 e. The average Bonchev–Trinajstić information content (AvgIpc) is 3.04. The van der Waals surface area contributed by atoms with E-state index >= 15 is 0 Å². The van der Waals surface area contributed by atoms with Crippen LogP contribution in [0.2, 0.25) is 0 Å². The molecule has 9 nitrogen and oxygen atoms in total. The van der Waals surface area contributed by atoms with Crippen LogP contribution in [0.5, 0.6) is 0 Å². The maximum absolute atomic E-state index is 12.7. The molecule has 0 aliphatic carbocycles. The lowest BCUT2D eigenvalue weighted by Crippen LogP contribution is -2.47. The Bertz CT molecular complexity index is 689. The predicted molar refractivity (Wildman–Crippen MR) is 94.3 cm³/mol. The third-order valence-electron chi connectivity index (χ3n) is 4.80. The van der Waals surface area contributed by atoms with Crippen molar-refractivity contribution < 1.29 is 14.4 Å². The monoisotopic (exact) mass is 362 g/mol. The van der Waals surface area contributed by atoms with Crippen LogP contribution in [-0.4, -0.2) is 77.6 Å². The molecule has 0 saturated carbocycles. The van der Waals surface area contributed by atoms with Crippen molar-refractivity contribution in [3.8, 4) is 0 Å². The zero-order chi connectivity index (χ0) is 18.7. The van der Waals surface area contributed by atoms with Crippen molar-refractivity contribution in [3.63, 3.8) is 0 Å². The summed E-state index contributed by atoms with van der Waals surface area (Å²) in [5, 5.41) is 9.97. The summed E-state index contributed by atoms with van der Waals surface area (Å²) in [6.45, 7) is 3.32. The van der Waals surface area contributed by atoms with Gasteiger partial charge >= 0.3 is 0 Å². The Morgan fingerprint density at radius 2 is 2.19 bits per heavy atom. The Kier molecular flexibility index (Phi) is 5.55. The first kappa shape index (κ1) is 18.4. The third kappa shape index (κ3) is 4.21. The Hall–Kier alpha value is -2.42. The summed E-state index contributed by atoms with van der Waals surface area (Å²) in [6.07, 6.45) is 0.999. The lowest BCUT2D eigenvalue weighted by Gasteiger charge is -2.32. The van der Waals surface area contributed by atoms with Crippen molar-refractivity contribution in [2.75, 3.05) is 40.3 Å². The number of hydrogen-bond donors (Lipinski definition) is 2. The van der Waals surface area contributed by atoms with Gasteiger partial charge in [0.15, 0.2) is 5.69 Å². The highest BCUT2D eigenvalue weighted by molar-refractivity contribution is 5.92. The molecular formula is C17H26N6O3. The second kappa shape index (κ2) is 7.86. The van der Waals surface area contributed by atoms with Crippen molar-refractivity contribution in [2.24, 2.45) is 5.92 Å². The number of hydrogen-bond acceptors (Lipinski definition) is 5. The maximum atomic E-state index is 12.7. The van der Waals surface area contributed by atoms with Crippen molar-refractivity contribution in [1.29, 1.82) is 0 Å². The molecule has 142 valence electrons. The highest BCUT2D eigenvalue weighted by Gasteiger charge is 2.31. The summed E-state index contributed by atoms with van der Waals surface area (Å²) < 4.78 is 1.80. The van der Waals surface area contributed by atoms with Gasteiger partial charge in [-0.25, -0.2) is 0 Å². The van der Waals surface area contributed by atoms with E-state index in [9.17, 15) is 14.4 Å². The van der Waals surface area contributed by atoms with E-state index in [4.69, 9.17) is 0 Å². The molecule has 3 heterocycles. The molecule has 1 saturated heterocycles. The van der Waals surface area contributed by atoms with Gasteiger partial charge in [-0.15, -0.1) is 0 Å².